The maximum Gasteiger partial charge on any atom is 0.159 e. The zero-order valence-corrected chi connectivity index (χ0v) is 12.7. The number of anilines is 1. The first-order valence-electron chi connectivity index (χ1n) is 7.61. The molecule has 0 amide bonds. The van der Waals surface area contributed by atoms with Crippen molar-refractivity contribution in [3.05, 3.63) is 18.5 Å². The van der Waals surface area contributed by atoms with Gasteiger partial charge in [-0.2, -0.15) is 5.10 Å². The lowest BCUT2D eigenvalue weighted by Crippen LogP contribution is -2.48. The summed E-state index contributed by atoms with van der Waals surface area (Å²) in [5.41, 5.74) is 2.14. The molecule has 0 saturated carbocycles. The fourth-order valence-corrected chi connectivity index (χ4v) is 2.91. The van der Waals surface area contributed by atoms with Crippen LogP contribution in [-0.4, -0.2) is 63.6 Å². The van der Waals surface area contributed by atoms with Crippen molar-refractivity contribution in [1.29, 1.82) is 0 Å². The molecule has 114 valence electrons. The van der Waals surface area contributed by atoms with Crippen LogP contribution in [0.4, 0.5) is 5.69 Å². The van der Waals surface area contributed by atoms with Gasteiger partial charge in [-0.25, -0.2) is 4.98 Å². The van der Waals surface area contributed by atoms with E-state index in [2.05, 4.69) is 25.9 Å². The molecule has 6 heteroatoms. The first-order valence-corrected chi connectivity index (χ1v) is 7.61. The number of hydrogen-bond acceptors (Lipinski definition) is 5. The van der Waals surface area contributed by atoms with Gasteiger partial charge in [0.15, 0.2) is 5.65 Å². The molecule has 2 aromatic rings. The van der Waals surface area contributed by atoms with Crippen molar-refractivity contribution < 1.29 is 5.11 Å². The zero-order chi connectivity index (χ0) is 14.8. The van der Waals surface area contributed by atoms with E-state index in [1.54, 1.807) is 0 Å². The maximum absolute atomic E-state index is 9.76. The Kier molecular flexibility index (Phi) is 4.07. The van der Waals surface area contributed by atoms with Crippen molar-refractivity contribution in [2.45, 2.75) is 19.4 Å². The van der Waals surface area contributed by atoms with Crippen molar-refractivity contribution in [1.82, 2.24) is 19.7 Å². The van der Waals surface area contributed by atoms with Crippen LogP contribution in [0.2, 0.25) is 0 Å². The SMILES string of the molecule is CC[C@@H](O)CN1CCN(c2ccnc3c2cnn3C)CC1. The number of fused-ring (bicyclic) bond motifs is 1. The Hall–Kier alpha value is -1.66. The van der Waals surface area contributed by atoms with Crippen LogP contribution in [0.5, 0.6) is 0 Å². The molecule has 3 rings (SSSR count). The van der Waals surface area contributed by atoms with Gasteiger partial charge in [0.05, 0.1) is 23.4 Å². The van der Waals surface area contributed by atoms with Crippen LogP contribution in [0, 0.1) is 0 Å². The summed E-state index contributed by atoms with van der Waals surface area (Å²) in [5, 5.41) is 15.2. The van der Waals surface area contributed by atoms with E-state index in [4.69, 9.17) is 0 Å². The molecule has 6 nitrogen and oxygen atoms in total. The van der Waals surface area contributed by atoms with Crippen molar-refractivity contribution >= 4 is 16.7 Å². The molecule has 1 saturated heterocycles. The Bertz CT molecular complexity index is 603. The number of β-amino-alcohol motifs (C(OH)–C–C–N with tert-alkyl or cyclic N) is 1. The number of aromatic nitrogens is 3. The summed E-state index contributed by atoms with van der Waals surface area (Å²) in [7, 11) is 1.92. The number of aliphatic hydroxyl groups is 1. The van der Waals surface area contributed by atoms with E-state index in [1.165, 1.54) is 5.69 Å². The fourth-order valence-electron chi connectivity index (χ4n) is 2.91. The molecule has 0 aliphatic carbocycles. The molecule has 0 aromatic carbocycles. The quantitative estimate of drug-likeness (QED) is 0.905. The van der Waals surface area contributed by atoms with Crippen molar-refractivity contribution in [2.24, 2.45) is 7.05 Å². The van der Waals surface area contributed by atoms with Gasteiger partial charge in [0.2, 0.25) is 0 Å². The molecule has 2 aromatic heterocycles. The predicted octanol–water partition coefficient (Wildman–Crippen LogP) is 0.861. The summed E-state index contributed by atoms with van der Waals surface area (Å²) < 4.78 is 1.81. The van der Waals surface area contributed by atoms with E-state index >= 15 is 0 Å². The molecule has 21 heavy (non-hydrogen) atoms. The predicted molar refractivity (Wildman–Crippen MR) is 83.5 cm³/mol. The van der Waals surface area contributed by atoms with E-state index < -0.39 is 0 Å². The summed E-state index contributed by atoms with van der Waals surface area (Å²) in [6.45, 7) is 6.73. The van der Waals surface area contributed by atoms with Gasteiger partial charge in [-0.05, 0) is 12.5 Å². The minimum Gasteiger partial charge on any atom is -0.392 e. The highest BCUT2D eigenvalue weighted by atomic mass is 16.3. The second-order valence-electron chi connectivity index (χ2n) is 5.69. The minimum atomic E-state index is -0.206. The average molecular weight is 289 g/mol. The van der Waals surface area contributed by atoms with Gasteiger partial charge in [0.1, 0.15) is 0 Å². The second kappa shape index (κ2) is 5.99. The van der Waals surface area contributed by atoms with Crippen LogP contribution in [0.15, 0.2) is 18.5 Å². The van der Waals surface area contributed by atoms with Gasteiger partial charge in [-0.15, -0.1) is 0 Å². The highest BCUT2D eigenvalue weighted by Crippen LogP contribution is 2.25. The van der Waals surface area contributed by atoms with E-state index in [9.17, 15) is 5.11 Å². The standard InChI is InChI=1S/C15H23N5O/c1-3-12(21)11-19-6-8-20(9-7-19)14-4-5-16-15-13(14)10-17-18(15)2/h4-5,10,12,21H,3,6-9,11H2,1-2H3/t12-/m1/s1. The van der Waals surface area contributed by atoms with Crippen molar-refractivity contribution in [3.63, 3.8) is 0 Å². The summed E-state index contributed by atoms with van der Waals surface area (Å²) in [6, 6.07) is 2.07. The molecule has 1 aliphatic heterocycles. The first-order chi connectivity index (χ1) is 10.2. The van der Waals surface area contributed by atoms with E-state index in [-0.39, 0.29) is 6.10 Å². The zero-order valence-electron chi connectivity index (χ0n) is 12.7. The second-order valence-corrected chi connectivity index (χ2v) is 5.69. The number of hydrogen-bond donors (Lipinski definition) is 1. The smallest absolute Gasteiger partial charge is 0.159 e. The fraction of sp³-hybridized carbons (Fsp3) is 0.600. The van der Waals surface area contributed by atoms with E-state index in [0.29, 0.717) is 0 Å². The Morgan fingerprint density at radius 1 is 1.29 bits per heavy atom. The third-order valence-electron chi connectivity index (χ3n) is 4.27. The number of aryl methyl sites for hydroxylation is 1. The molecule has 0 unspecified atom stereocenters. The third kappa shape index (κ3) is 2.87. The van der Waals surface area contributed by atoms with Crippen LogP contribution in [-0.2, 0) is 7.05 Å². The molecule has 0 bridgehead atoms. The van der Waals surface area contributed by atoms with E-state index in [0.717, 1.165) is 50.2 Å². The molecule has 0 spiro atoms. The number of aliphatic hydroxyl groups excluding tert-OH is 1. The van der Waals surface area contributed by atoms with Gasteiger partial charge in [-0.1, -0.05) is 6.92 Å². The Balaban J connectivity index is 1.71. The van der Waals surface area contributed by atoms with Gasteiger partial charge in [0, 0.05) is 46.0 Å². The summed E-state index contributed by atoms with van der Waals surface area (Å²) in [6.07, 6.45) is 4.36. The molecule has 0 radical (unpaired) electrons. The Labute approximate surface area is 125 Å². The summed E-state index contributed by atoms with van der Waals surface area (Å²) in [5.74, 6) is 0. The number of nitrogens with zero attached hydrogens (tertiary/aromatic N) is 5. The minimum absolute atomic E-state index is 0.206. The first kappa shape index (κ1) is 14.3. The Morgan fingerprint density at radius 2 is 2.05 bits per heavy atom. The maximum atomic E-state index is 9.76. The number of rotatable bonds is 4. The topological polar surface area (TPSA) is 57.4 Å². The molecular formula is C15H23N5O. The summed E-state index contributed by atoms with van der Waals surface area (Å²) >= 11 is 0. The van der Waals surface area contributed by atoms with Gasteiger partial charge < -0.3 is 10.0 Å². The number of pyridine rings is 1. The number of piperazine rings is 1. The van der Waals surface area contributed by atoms with Crippen molar-refractivity contribution in [3.8, 4) is 0 Å². The molecule has 1 atom stereocenters. The average Bonchev–Trinajstić information content (AvgIpc) is 2.90. The molecule has 3 heterocycles. The molecule has 1 N–H and O–H groups in total. The highest BCUT2D eigenvalue weighted by Gasteiger charge is 2.20. The van der Waals surface area contributed by atoms with Crippen LogP contribution >= 0.6 is 0 Å². The van der Waals surface area contributed by atoms with Crippen molar-refractivity contribution in [2.75, 3.05) is 37.6 Å². The summed E-state index contributed by atoms with van der Waals surface area (Å²) in [4.78, 5) is 9.12. The normalized spacial score (nSPS) is 18.3. The van der Waals surface area contributed by atoms with Crippen LogP contribution < -0.4 is 4.90 Å². The van der Waals surface area contributed by atoms with E-state index in [1.807, 2.05) is 31.0 Å². The van der Waals surface area contributed by atoms with Crippen LogP contribution in [0.25, 0.3) is 11.0 Å². The van der Waals surface area contributed by atoms with Crippen LogP contribution in [0.3, 0.4) is 0 Å². The largest absolute Gasteiger partial charge is 0.392 e. The molecular weight excluding hydrogens is 266 g/mol. The lowest BCUT2D eigenvalue weighted by atomic mass is 10.2. The Morgan fingerprint density at radius 3 is 2.76 bits per heavy atom. The lowest BCUT2D eigenvalue weighted by molar-refractivity contribution is 0.106. The highest BCUT2D eigenvalue weighted by molar-refractivity contribution is 5.89. The lowest BCUT2D eigenvalue weighted by Gasteiger charge is -2.37. The third-order valence-corrected chi connectivity index (χ3v) is 4.27. The molecule has 1 aliphatic rings. The van der Waals surface area contributed by atoms with Crippen LogP contribution in [0.1, 0.15) is 13.3 Å². The monoisotopic (exact) mass is 289 g/mol. The van der Waals surface area contributed by atoms with Gasteiger partial charge >= 0.3 is 0 Å². The van der Waals surface area contributed by atoms with Gasteiger partial charge in [-0.3, -0.25) is 9.58 Å². The van der Waals surface area contributed by atoms with Gasteiger partial charge in [0.25, 0.3) is 0 Å². The molecule has 1 fully saturated rings.